The van der Waals surface area contributed by atoms with Crippen LogP contribution in [-0.2, 0) is 4.79 Å². The van der Waals surface area contributed by atoms with Crippen molar-refractivity contribution < 1.29 is 14.7 Å². The number of carbonyl (C=O) groups excluding carboxylic acids is 1. The molecule has 106 valence electrons. The largest absolute Gasteiger partial charge is 0.480 e. The number of nitrogens with one attached hydrogen (secondary N) is 1. The molecule has 1 rings (SSSR count). The molecular weight excluding hydrogens is 282 g/mol. The van der Waals surface area contributed by atoms with Crippen molar-refractivity contribution in [2.24, 2.45) is 0 Å². The Labute approximate surface area is 119 Å². The van der Waals surface area contributed by atoms with Crippen LogP contribution >= 0.6 is 11.8 Å². The lowest BCUT2D eigenvalue weighted by molar-refractivity contribution is -0.137. The Bertz CT molecular complexity index is 633. The highest BCUT2D eigenvalue weighted by atomic mass is 32.2. The first-order chi connectivity index (χ1) is 9.40. The van der Waals surface area contributed by atoms with Gasteiger partial charge in [0.2, 0.25) is 0 Å². The third-order valence-corrected chi connectivity index (χ3v) is 3.07. The number of thioether (sulfide) groups is 1. The third-order valence-electron chi connectivity index (χ3n) is 2.39. The second-order valence-electron chi connectivity index (χ2n) is 3.81. The summed E-state index contributed by atoms with van der Waals surface area (Å²) in [4.78, 5) is 41.6. The van der Waals surface area contributed by atoms with Crippen LogP contribution in [0.1, 0.15) is 16.1 Å². The molecule has 0 aliphatic rings. The molecule has 1 aromatic heterocycles. The third kappa shape index (κ3) is 3.61. The van der Waals surface area contributed by atoms with E-state index in [4.69, 9.17) is 11.5 Å². The number of aliphatic carboxylic acids is 1. The van der Waals surface area contributed by atoms with E-state index in [0.29, 0.717) is 5.69 Å². The number of carboxylic acids is 1. The molecular formula is C12H13N3O4S. The quantitative estimate of drug-likeness (QED) is 0.449. The van der Waals surface area contributed by atoms with Crippen LogP contribution < -0.4 is 5.69 Å². The van der Waals surface area contributed by atoms with Crippen molar-refractivity contribution >= 4 is 23.6 Å². The summed E-state index contributed by atoms with van der Waals surface area (Å²) in [5.74, 6) is 0.490. The number of aryl methyl sites for hydroxylation is 1. The zero-order chi connectivity index (χ0) is 15.3. The molecule has 0 saturated carbocycles. The van der Waals surface area contributed by atoms with Crippen molar-refractivity contribution in [3.8, 4) is 12.3 Å². The van der Waals surface area contributed by atoms with Gasteiger partial charge in [-0.2, -0.15) is 4.98 Å². The van der Waals surface area contributed by atoms with Gasteiger partial charge in [-0.1, -0.05) is 5.92 Å². The first-order valence-electron chi connectivity index (χ1n) is 5.50. The predicted molar refractivity (Wildman–Crippen MR) is 73.7 cm³/mol. The normalized spacial score (nSPS) is 9.85. The van der Waals surface area contributed by atoms with Crippen molar-refractivity contribution in [3.63, 3.8) is 0 Å². The molecule has 1 heterocycles. The number of aromatic amines is 1. The number of nitrogens with zero attached hydrogens (tertiary/aromatic N) is 2. The number of rotatable bonds is 5. The lowest BCUT2D eigenvalue weighted by Crippen LogP contribution is -2.37. The molecule has 20 heavy (non-hydrogen) atoms. The molecule has 1 aromatic rings. The molecule has 0 aromatic carbocycles. The summed E-state index contributed by atoms with van der Waals surface area (Å²) in [6.07, 6.45) is 6.81. The van der Waals surface area contributed by atoms with Crippen LogP contribution in [0.4, 0.5) is 0 Å². The molecule has 2 N–H and O–H groups in total. The van der Waals surface area contributed by atoms with Gasteiger partial charge in [0.15, 0.2) is 0 Å². The number of H-pyrrole nitrogens is 1. The monoisotopic (exact) mass is 295 g/mol. The second-order valence-corrected chi connectivity index (χ2v) is 4.61. The molecule has 8 heteroatoms. The van der Waals surface area contributed by atoms with Gasteiger partial charge in [0, 0.05) is 5.69 Å². The molecule has 7 nitrogen and oxygen atoms in total. The average molecular weight is 295 g/mol. The first-order valence-corrected chi connectivity index (χ1v) is 6.72. The number of hydrogen-bond donors (Lipinski definition) is 2. The van der Waals surface area contributed by atoms with E-state index in [0.717, 1.165) is 16.7 Å². The van der Waals surface area contributed by atoms with Crippen LogP contribution in [0, 0.1) is 19.3 Å². The van der Waals surface area contributed by atoms with E-state index in [1.165, 1.54) is 0 Å². The highest BCUT2D eigenvalue weighted by molar-refractivity contribution is 7.98. The van der Waals surface area contributed by atoms with E-state index in [1.54, 1.807) is 13.2 Å². The highest BCUT2D eigenvalue weighted by Crippen LogP contribution is 2.19. The van der Waals surface area contributed by atoms with E-state index in [1.807, 2.05) is 0 Å². The molecule has 0 radical (unpaired) electrons. The van der Waals surface area contributed by atoms with Gasteiger partial charge in [-0.05, 0) is 13.2 Å². The van der Waals surface area contributed by atoms with Gasteiger partial charge in [-0.3, -0.25) is 9.59 Å². The van der Waals surface area contributed by atoms with Crippen LogP contribution in [0.15, 0.2) is 9.82 Å². The van der Waals surface area contributed by atoms with Gasteiger partial charge in [0.1, 0.15) is 11.6 Å². The van der Waals surface area contributed by atoms with Crippen molar-refractivity contribution in [2.75, 3.05) is 19.3 Å². The number of carboxylic acid groups (broad SMARTS) is 1. The minimum absolute atomic E-state index is 0.141. The second kappa shape index (κ2) is 6.77. The first kappa shape index (κ1) is 15.8. The standard InChI is InChI=1S/C12H13N3O4S/c1-4-5-15(6-8(16)17)11(18)9-7(2)13-12(19)14-10(9)20-3/h1H,5-6H2,2-3H3,(H,16,17)(H,13,14,19). The Morgan fingerprint density at radius 3 is 2.70 bits per heavy atom. The van der Waals surface area contributed by atoms with Crippen molar-refractivity contribution in [3.05, 3.63) is 21.7 Å². The van der Waals surface area contributed by atoms with Crippen LogP contribution in [-0.4, -0.2) is 51.2 Å². The summed E-state index contributed by atoms with van der Waals surface area (Å²) in [5.41, 5.74) is -0.0782. The fraction of sp³-hybridized carbons (Fsp3) is 0.333. The van der Waals surface area contributed by atoms with Gasteiger partial charge in [-0.15, -0.1) is 18.2 Å². The highest BCUT2D eigenvalue weighted by Gasteiger charge is 2.23. The van der Waals surface area contributed by atoms with Crippen molar-refractivity contribution in [1.82, 2.24) is 14.9 Å². The predicted octanol–water partition coefficient (Wildman–Crippen LogP) is -0.0398. The van der Waals surface area contributed by atoms with Gasteiger partial charge in [0.25, 0.3) is 5.91 Å². The van der Waals surface area contributed by atoms with Crippen LogP contribution in [0.3, 0.4) is 0 Å². The van der Waals surface area contributed by atoms with E-state index in [9.17, 15) is 14.4 Å². The summed E-state index contributed by atoms with van der Waals surface area (Å²) < 4.78 is 0. The molecule has 0 unspecified atom stereocenters. The zero-order valence-electron chi connectivity index (χ0n) is 11.0. The number of carbonyl (C=O) groups is 2. The maximum atomic E-state index is 12.4. The minimum atomic E-state index is -1.17. The SMILES string of the molecule is C#CCN(CC(=O)O)C(=O)c1c(SC)nc(=O)[nH]c1C. The van der Waals surface area contributed by atoms with Crippen LogP contribution in [0.5, 0.6) is 0 Å². The van der Waals surface area contributed by atoms with Crippen molar-refractivity contribution in [1.29, 1.82) is 0 Å². The lowest BCUT2D eigenvalue weighted by Gasteiger charge is -2.19. The summed E-state index contributed by atoms with van der Waals surface area (Å²) in [5, 5.41) is 9.04. The smallest absolute Gasteiger partial charge is 0.346 e. The lowest BCUT2D eigenvalue weighted by atomic mass is 10.2. The van der Waals surface area contributed by atoms with Crippen LogP contribution in [0.25, 0.3) is 0 Å². The number of aromatic nitrogens is 2. The fourth-order valence-corrected chi connectivity index (χ4v) is 2.21. The van der Waals surface area contributed by atoms with E-state index in [-0.39, 0.29) is 17.1 Å². The molecule has 0 bridgehead atoms. The minimum Gasteiger partial charge on any atom is -0.480 e. The maximum absolute atomic E-state index is 12.4. The Morgan fingerprint density at radius 2 is 2.20 bits per heavy atom. The fourth-order valence-electron chi connectivity index (χ4n) is 1.59. The summed E-state index contributed by atoms with van der Waals surface area (Å²) in [7, 11) is 0. The van der Waals surface area contributed by atoms with E-state index in [2.05, 4.69) is 15.9 Å². The summed E-state index contributed by atoms with van der Waals surface area (Å²) >= 11 is 1.13. The molecule has 1 amide bonds. The maximum Gasteiger partial charge on any atom is 0.346 e. The van der Waals surface area contributed by atoms with E-state index < -0.39 is 24.1 Å². The zero-order valence-corrected chi connectivity index (χ0v) is 11.8. The number of hydrogen-bond acceptors (Lipinski definition) is 5. The topological polar surface area (TPSA) is 103 Å². The molecule has 0 fully saturated rings. The van der Waals surface area contributed by atoms with Crippen LogP contribution in [0.2, 0.25) is 0 Å². The molecule has 0 aliphatic carbocycles. The summed E-state index contributed by atoms with van der Waals surface area (Å²) in [6, 6.07) is 0. The number of terminal acetylenes is 1. The van der Waals surface area contributed by atoms with Crippen molar-refractivity contribution in [2.45, 2.75) is 11.9 Å². The Morgan fingerprint density at radius 1 is 1.55 bits per heavy atom. The Hall–Kier alpha value is -2.27. The molecule has 0 aliphatic heterocycles. The van der Waals surface area contributed by atoms with Gasteiger partial charge in [0.05, 0.1) is 12.1 Å². The van der Waals surface area contributed by atoms with E-state index >= 15 is 0 Å². The molecule has 0 saturated heterocycles. The Balaban J connectivity index is 3.28. The Kier molecular flexibility index (Phi) is 5.34. The summed E-state index contributed by atoms with van der Waals surface area (Å²) in [6.45, 7) is 0.887. The number of amides is 1. The van der Waals surface area contributed by atoms with Gasteiger partial charge >= 0.3 is 11.7 Å². The average Bonchev–Trinajstić information content (AvgIpc) is 2.36. The van der Waals surface area contributed by atoms with Gasteiger partial charge in [-0.25, -0.2) is 4.79 Å². The molecule has 0 atom stereocenters. The van der Waals surface area contributed by atoms with Gasteiger partial charge < -0.3 is 15.0 Å². The molecule has 0 spiro atoms.